The summed E-state index contributed by atoms with van der Waals surface area (Å²) in [4.78, 5) is 14.5. The van der Waals surface area contributed by atoms with Crippen LogP contribution in [0.5, 0.6) is 0 Å². The van der Waals surface area contributed by atoms with Crippen molar-refractivity contribution in [1.29, 1.82) is 0 Å². The molecule has 0 aliphatic carbocycles. The molecule has 1 aliphatic heterocycles. The summed E-state index contributed by atoms with van der Waals surface area (Å²) < 4.78 is 28.2. The predicted octanol–water partition coefficient (Wildman–Crippen LogP) is 4.34. The molecule has 0 radical (unpaired) electrons. The van der Waals surface area contributed by atoms with Crippen molar-refractivity contribution in [3.63, 3.8) is 0 Å². The van der Waals surface area contributed by atoms with Gasteiger partial charge in [0.05, 0.1) is 16.1 Å². The van der Waals surface area contributed by atoms with Crippen molar-refractivity contribution in [2.45, 2.75) is 24.7 Å². The molecule has 0 saturated carbocycles. The molecule has 2 aromatic rings. The molecule has 3 rings (SSSR count). The second-order valence-electron chi connectivity index (χ2n) is 6.20. The van der Waals surface area contributed by atoms with Gasteiger partial charge in [-0.15, -0.1) is 0 Å². The molecule has 8 heteroatoms. The molecule has 1 heterocycles. The van der Waals surface area contributed by atoms with Crippen molar-refractivity contribution in [2.75, 3.05) is 17.8 Å². The van der Waals surface area contributed by atoms with Gasteiger partial charge in [-0.1, -0.05) is 29.3 Å². The molecule has 26 heavy (non-hydrogen) atoms. The molecule has 138 valence electrons. The number of nitrogens with one attached hydrogen (secondary N) is 1. The van der Waals surface area contributed by atoms with E-state index in [9.17, 15) is 13.2 Å². The summed E-state index contributed by atoms with van der Waals surface area (Å²) in [6.45, 7) is 3.00. The number of rotatable bonds is 4. The van der Waals surface area contributed by atoms with Gasteiger partial charge in [-0.2, -0.15) is 0 Å². The zero-order valence-electron chi connectivity index (χ0n) is 14.1. The Balaban J connectivity index is 1.99. The third-order valence-electron chi connectivity index (χ3n) is 4.29. The molecule has 1 amide bonds. The van der Waals surface area contributed by atoms with Gasteiger partial charge in [0.25, 0.3) is 15.9 Å². The highest BCUT2D eigenvalue weighted by atomic mass is 35.5. The molecule has 1 saturated heterocycles. The Morgan fingerprint density at radius 1 is 1.04 bits per heavy atom. The quantitative estimate of drug-likeness (QED) is 0.811. The summed E-state index contributed by atoms with van der Waals surface area (Å²) in [6.07, 6.45) is 1.88. The van der Waals surface area contributed by atoms with Crippen LogP contribution >= 0.6 is 23.2 Å². The molecular weight excluding hydrogens is 395 g/mol. The maximum Gasteiger partial charge on any atom is 0.262 e. The number of hydrogen-bond acceptors (Lipinski definition) is 3. The first-order valence-electron chi connectivity index (χ1n) is 8.16. The van der Waals surface area contributed by atoms with E-state index in [1.165, 1.54) is 18.2 Å². The summed E-state index contributed by atoms with van der Waals surface area (Å²) >= 11 is 12.0. The first kappa shape index (κ1) is 19.0. The van der Waals surface area contributed by atoms with Gasteiger partial charge in [-0.3, -0.25) is 9.52 Å². The summed E-state index contributed by atoms with van der Waals surface area (Å²) in [6, 6.07) is 9.19. The number of amides is 1. The van der Waals surface area contributed by atoms with Crippen molar-refractivity contribution < 1.29 is 13.2 Å². The van der Waals surface area contributed by atoms with Gasteiger partial charge < -0.3 is 4.90 Å². The fourth-order valence-corrected chi connectivity index (χ4v) is 4.70. The molecule has 0 aromatic heterocycles. The second-order valence-corrected chi connectivity index (χ2v) is 8.73. The van der Waals surface area contributed by atoms with Crippen LogP contribution in [0.15, 0.2) is 41.3 Å². The van der Waals surface area contributed by atoms with Crippen LogP contribution in [0.1, 0.15) is 28.8 Å². The molecule has 2 aromatic carbocycles. The van der Waals surface area contributed by atoms with Crippen LogP contribution in [0.25, 0.3) is 0 Å². The van der Waals surface area contributed by atoms with Gasteiger partial charge in [0.2, 0.25) is 0 Å². The molecule has 1 fully saturated rings. The first-order chi connectivity index (χ1) is 12.3. The third kappa shape index (κ3) is 3.98. The molecular formula is C18H18Cl2N2O3S. The standard InChI is InChI=1S/C18H18Cl2N2O3S/c1-12-4-5-14(20)11-17(12)26(24,25)21-16-7-6-13(19)10-15(16)18(23)22-8-2-3-9-22/h4-7,10-11,21H,2-3,8-9H2,1H3. The van der Waals surface area contributed by atoms with Gasteiger partial charge >= 0.3 is 0 Å². The second kappa shape index (κ2) is 7.47. The van der Waals surface area contributed by atoms with E-state index in [0.717, 1.165) is 12.8 Å². The van der Waals surface area contributed by atoms with Crippen molar-refractivity contribution in [1.82, 2.24) is 4.90 Å². The number of carbonyl (C=O) groups excluding carboxylic acids is 1. The van der Waals surface area contributed by atoms with Crippen molar-refractivity contribution in [3.05, 3.63) is 57.6 Å². The Bertz CT molecular complexity index is 955. The van der Waals surface area contributed by atoms with E-state index >= 15 is 0 Å². The summed E-state index contributed by atoms with van der Waals surface area (Å²) in [5.41, 5.74) is 0.997. The number of aryl methyl sites for hydroxylation is 1. The largest absolute Gasteiger partial charge is 0.339 e. The number of nitrogens with zero attached hydrogens (tertiary/aromatic N) is 1. The number of anilines is 1. The van der Waals surface area contributed by atoms with E-state index in [1.54, 1.807) is 30.0 Å². The lowest BCUT2D eigenvalue weighted by molar-refractivity contribution is 0.0794. The lowest BCUT2D eigenvalue weighted by Gasteiger charge is -2.19. The van der Waals surface area contributed by atoms with Crippen LogP contribution in [0.3, 0.4) is 0 Å². The number of likely N-dealkylation sites (tertiary alicyclic amines) is 1. The minimum atomic E-state index is -3.91. The zero-order valence-corrected chi connectivity index (χ0v) is 16.5. The highest BCUT2D eigenvalue weighted by Gasteiger charge is 2.25. The van der Waals surface area contributed by atoms with Gasteiger partial charge in [0.15, 0.2) is 0 Å². The van der Waals surface area contributed by atoms with E-state index in [4.69, 9.17) is 23.2 Å². The monoisotopic (exact) mass is 412 g/mol. The van der Waals surface area contributed by atoms with Crippen molar-refractivity contribution >= 4 is 44.8 Å². The van der Waals surface area contributed by atoms with Crippen LogP contribution in [0.2, 0.25) is 10.0 Å². The molecule has 0 unspecified atom stereocenters. The summed E-state index contributed by atoms with van der Waals surface area (Å²) in [5, 5.41) is 0.690. The van der Waals surface area contributed by atoms with Crippen LogP contribution in [-0.2, 0) is 10.0 Å². The van der Waals surface area contributed by atoms with Gasteiger partial charge in [0, 0.05) is 23.1 Å². The minimum Gasteiger partial charge on any atom is -0.339 e. The fourth-order valence-electron chi connectivity index (χ4n) is 2.94. The number of halogens is 2. The maximum absolute atomic E-state index is 12.8. The number of carbonyl (C=O) groups is 1. The van der Waals surface area contributed by atoms with E-state index in [0.29, 0.717) is 28.7 Å². The van der Waals surface area contributed by atoms with Gasteiger partial charge in [-0.25, -0.2) is 8.42 Å². The van der Waals surface area contributed by atoms with Crippen LogP contribution < -0.4 is 4.72 Å². The van der Waals surface area contributed by atoms with Crippen molar-refractivity contribution in [3.8, 4) is 0 Å². The summed E-state index contributed by atoms with van der Waals surface area (Å²) in [5.74, 6) is -0.231. The normalized spacial score (nSPS) is 14.5. The van der Waals surface area contributed by atoms with Gasteiger partial charge in [-0.05, 0) is 55.7 Å². The Kier molecular flexibility index (Phi) is 5.46. The highest BCUT2D eigenvalue weighted by Crippen LogP contribution is 2.28. The molecule has 0 atom stereocenters. The highest BCUT2D eigenvalue weighted by molar-refractivity contribution is 7.92. The lowest BCUT2D eigenvalue weighted by atomic mass is 10.1. The number of benzene rings is 2. The maximum atomic E-state index is 12.8. The Hall–Kier alpha value is -1.76. The third-order valence-corrected chi connectivity index (χ3v) is 6.27. The number of hydrogen-bond donors (Lipinski definition) is 1. The molecule has 1 N–H and O–H groups in total. The average Bonchev–Trinajstić information content (AvgIpc) is 3.12. The van der Waals surface area contributed by atoms with E-state index in [1.807, 2.05) is 0 Å². The smallest absolute Gasteiger partial charge is 0.262 e. The minimum absolute atomic E-state index is 0.0690. The Morgan fingerprint density at radius 2 is 1.65 bits per heavy atom. The molecule has 1 aliphatic rings. The predicted molar refractivity (Wildman–Crippen MR) is 104 cm³/mol. The summed E-state index contributed by atoms with van der Waals surface area (Å²) in [7, 11) is -3.91. The van der Waals surface area contributed by atoms with E-state index < -0.39 is 10.0 Å². The molecule has 5 nitrogen and oxygen atoms in total. The Labute approximate surface area is 163 Å². The van der Waals surface area contributed by atoms with Crippen LogP contribution in [0, 0.1) is 6.92 Å². The SMILES string of the molecule is Cc1ccc(Cl)cc1S(=O)(=O)Nc1ccc(Cl)cc1C(=O)N1CCCC1. The van der Waals surface area contributed by atoms with E-state index in [2.05, 4.69) is 4.72 Å². The Morgan fingerprint density at radius 3 is 2.35 bits per heavy atom. The molecule has 0 spiro atoms. The van der Waals surface area contributed by atoms with Crippen molar-refractivity contribution in [2.24, 2.45) is 0 Å². The first-order valence-corrected chi connectivity index (χ1v) is 10.4. The lowest BCUT2D eigenvalue weighted by Crippen LogP contribution is -2.29. The fraction of sp³-hybridized carbons (Fsp3) is 0.278. The molecule has 0 bridgehead atoms. The number of sulfonamides is 1. The topological polar surface area (TPSA) is 66.5 Å². The average molecular weight is 413 g/mol. The van der Waals surface area contributed by atoms with Crippen LogP contribution in [0.4, 0.5) is 5.69 Å². The van der Waals surface area contributed by atoms with E-state index in [-0.39, 0.29) is 22.1 Å². The zero-order chi connectivity index (χ0) is 18.9. The van der Waals surface area contributed by atoms with Gasteiger partial charge in [0.1, 0.15) is 0 Å². The van der Waals surface area contributed by atoms with Crippen LogP contribution in [-0.4, -0.2) is 32.3 Å².